The molecule has 21 heavy (non-hydrogen) atoms. The number of nitrogens with zero attached hydrogens (tertiary/aromatic N) is 4. The van der Waals surface area contributed by atoms with E-state index in [0.717, 1.165) is 16.0 Å². The molecule has 3 rings (SSSR count). The molecule has 0 aliphatic rings. The van der Waals surface area contributed by atoms with E-state index in [1.807, 2.05) is 13.8 Å². The van der Waals surface area contributed by atoms with Gasteiger partial charge in [0.15, 0.2) is 10.1 Å². The van der Waals surface area contributed by atoms with Gasteiger partial charge in [-0.3, -0.25) is 0 Å². The zero-order valence-electron chi connectivity index (χ0n) is 11.4. The lowest BCUT2D eigenvalue weighted by Crippen LogP contribution is -1.94. The van der Waals surface area contributed by atoms with Crippen LogP contribution < -0.4 is 5.32 Å². The summed E-state index contributed by atoms with van der Waals surface area (Å²) < 4.78 is 11.4. The summed E-state index contributed by atoms with van der Waals surface area (Å²) in [4.78, 5) is 4.34. The summed E-state index contributed by atoms with van der Waals surface area (Å²) in [6, 6.07) is 3.58. The number of hydrogen-bond donors (Lipinski definition) is 1. The highest BCUT2D eigenvalue weighted by Gasteiger charge is 2.19. The first kappa shape index (κ1) is 14.1. The van der Waals surface area contributed by atoms with Crippen LogP contribution in [0.25, 0.3) is 11.6 Å². The second kappa shape index (κ2) is 6.27. The highest BCUT2D eigenvalue weighted by Crippen LogP contribution is 2.37. The predicted molar refractivity (Wildman–Crippen MR) is 80.3 cm³/mol. The SMILES string of the molecule is CCNc1nnc(S[C@@H](C)c2nc(-c3ccco3)no2)s1. The van der Waals surface area contributed by atoms with E-state index < -0.39 is 0 Å². The van der Waals surface area contributed by atoms with Gasteiger partial charge in [-0.05, 0) is 26.0 Å². The van der Waals surface area contributed by atoms with Gasteiger partial charge < -0.3 is 14.3 Å². The van der Waals surface area contributed by atoms with Gasteiger partial charge in [-0.1, -0.05) is 28.3 Å². The van der Waals surface area contributed by atoms with E-state index >= 15 is 0 Å². The average Bonchev–Trinajstić information content (AvgIpc) is 3.20. The molecule has 9 heteroatoms. The Morgan fingerprint density at radius 3 is 3.10 bits per heavy atom. The van der Waals surface area contributed by atoms with Crippen molar-refractivity contribution in [1.82, 2.24) is 20.3 Å². The highest BCUT2D eigenvalue weighted by atomic mass is 32.2. The smallest absolute Gasteiger partial charge is 0.240 e. The maximum atomic E-state index is 5.28. The van der Waals surface area contributed by atoms with Gasteiger partial charge in [0.2, 0.25) is 16.8 Å². The van der Waals surface area contributed by atoms with Crippen molar-refractivity contribution in [3.8, 4) is 11.6 Å². The Morgan fingerprint density at radius 2 is 2.33 bits per heavy atom. The number of thioether (sulfide) groups is 1. The third kappa shape index (κ3) is 3.24. The van der Waals surface area contributed by atoms with Crippen molar-refractivity contribution in [3.05, 3.63) is 24.3 Å². The Kier molecular flexibility index (Phi) is 4.20. The van der Waals surface area contributed by atoms with Crippen LogP contribution >= 0.6 is 23.1 Å². The van der Waals surface area contributed by atoms with Crippen LogP contribution in [0.4, 0.5) is 5.13 Å². The number of furan rings is 1. The minimum Gasteiger partial charge on any atom is -0.461 e. The number of rotatable bonds is 6. The van der Waals surface area contributed by atoms with E-state index in [4.69, 9.17) is 8.94 Å². The van der Waals surface area contributed by atoms with Crippen molar-refractivity contribution >= 4 is 28.2 Å². The summed E-state index contributed by atoms with van der Waals surface area (Å²) in [5, 5.41) is 16.0. The van der Waals surface area contributed by atoms with Crippen LogP contribution in [0.3, 0.4) is 0 Å². The fourth-order valence-corrected chi connectivity index (χ4v) is 3.58. The monoisotopic (exact) mass is 323 g/mol. The van der Waals surface area contributed by atoms with Crippen LogP contribution in [0.15, 0.2) is 31.7 Å². The van der Waals surface area contributed by atoms with Crippen molar-refractivity contribution < 1.29 is 8.94 Å². The average molecular weight is 323 g/mol. The highest BCUT2D eigenvalue weighted by molar-refractivity contribution is 8.01. The first-order chi connectivity index (χ1) is 10.3. The molecule has 1 N–H and O–H groups in total. The van der Waals surface area contributed by atoms with Crippen molar-refractivity contribution in [3.63, 3.8) is 0 Å². The predicted octanol–water partition coefficient (Wildman–Crippen LogP) is 3.47. The summed E-state index contributed by atoms with van der Waals surface area (Å²) in [6.45, 7) is 4.83. The number of hydrogen-bond acceptors (Lipinski definition) is 9. The lowest BCUT2D eigenvalue weighted by atomic mass is 10.4. The fraction of sp³-hybridized carbons (Fsp3) is 0.333. The minimum atomic E-state index is -0.0105. The second-order valence-corrected chi connectivity index (χ2v) is 6.66. The van der Waals surface area contributed by atoms with E-state index in [2.05, 4.69) is 25.7 Å². The molecule has 0 aromatic carbocycles. The standard InChI is InChI=1S/C12H13N5O2S2/c1-3-13-11-15-16-12(21-11)20-7(2)10-14-9(17-19-10)8-5-4-6-18-8/h4-7H,3H2,1-2H3,(H,13,15)/t7-/m0/s1. The largest absolute Gasteiger partial charge is 0.461 e. The second-order valence-electron chi connectivity index (χ2n) is 4.10. The van der Waals surface area contributed by atoms with Gasteiger partial charge in [0.1, 0.15) is 0 Å². The molecular formula is C12H13N5O2S2. The third-order valence-corrected chi connectivity index (χ3v) is 4.60. The Balaban J connectivity index is 1.68. The Morgan fingerprint density at radius 1 is 1.43 bits per heavy atom. The van der Waals surface area contributed by atoms with Gasteiger partial charge >= 0.3 is 0 Å². The molecule has 0 aliphatic heterocycles. The van der Waals surface area contributed by atoms with Crippen LogP contribution in [0.5, 0.6) is 0 Å². The summed E-state index contributed by atoms with van der Waals surface area (Å²) in [5.41, 5.74) is 0. The third-order valence-electron chi connectivity index (χ3n) is 2.54. The summed E-state index contributed by atoms with van der Waals surface area (Å²) in [5.74, 6) is 1.58. The van der Waals surface area contributed by atoms with E-state index in [-0.39, 0.29) is 5.25 Å². The summed E-state index contributed by atoms with van der Waals surface area (Å²) in [6.07, 6.45) is 1.58. The number of anilines is 1. The van der Waals surface area contributed by atoms with Crippen LogP contribution in [0.2, 0.25) is 0 Å². The molecule has 0 fully saturated rings. The van der Waals surface area contributed by atoms with Gasteiger partial charge in [0.05, 0.1) is 11.5 Å². The van der Waals surface area contributed by atoms with E-state index in [1.165, 1.54) is 23.1 Å². The molecule has 0 radical (unpaired) electrons. The molecule has 3 aromatic heterocycles. The maximum absolute atomic E-state index is 5.28. The topological polar surface area (TPSA) is 89.9 Å². The Hall–Kier alpha value is -1.87. The van der Waals surface area contributed by atoms with Crippen molar-refractivity contribution in [2.24, 2.45) is 0 Å². The Bertz CT molecular complexity index is 694. The quantitative estimate of drug-likeness (QED) is 0.690. The minimum absolute atomic E-state index is 0.0105. The molecule has 0 unspecified atom stereocenters. The molecule has 0 aliphatic carbocycles. The van der Waals surface area contributed by atoms with Gasteiger partial charge in [-0.2, -0.15) is 4.98 Å². The summed E-state index contributed by atoms with van der Waals surface area (Å²) >= 11 is 3.04. The fourth-order valence-electron chi connectivity index (χ4n) is 1.59. The number of aromatic nitrogens is 4. The van der Waals surface area contributed by atoms with Gasteiger partial charge in [-0.25, -0.2) is 0 Å². The molecule has 110 valence electrons. The Labute approximate surface area is 129 Å². The van der Waals surface area contributed by atoms with Gasteiger partial charge in [0, 0.05) is 6.54 Å². The zero-order valence-corrected chi connectivity index (χ0v) is 13.1. The van der Waals surface area contributed by atoms with Crippen LogP contribution in [-0.4, -0.2) is 26.9 Å². The zero-order chi connectivity index (χ0) is 14.7. The normalized spacial score (nSPS) is 12.5. The van der Waals surface area contributed by atoms with E-state index in [1.54, 1.807) is 18.4 Å². The molecule has 7 nitrogen and oxygen atoms in total. The molecular weight excluding hydrogens is 310 g/mol. The van der Waals surface area contributed by atoms with Crippen LogP contribution in [0, 0.1) is 0 Å². The van der Waals surface area contributed by atoms with Crippen molar-refractivity contribution in [1.29, 1.82) is 0 Å². The molecule has 0 spiro atoms. The molecule has 0 bridgehead atoms. The molecule has 0 amide bonds. The molecule has 1 atom stereocenters. The summed E-state index contributed by atoms with van der Waals surface area (Å²) in [7, 11) is 0. The van der Waals surface area contributed by atoms with Crippen molar-refractivity contribution in [2.75, 3.05) is 11.9 Å². The van der Waals surface area contributed by atoms with E-state index in [0.29, 0.717) is 17.5 Å². The number of nitrogens with one attached hydrogen (secondary N) is 1. The maximum Gasteiger partial charge on any atom is 0.240 e. The molecule has 0 saturated carbocycles. The van der Waals surface area contributed by atoms with Gasteiger partial charge in [0.25, 0.3) is 0 Å². The molecule has 0 saturated heterocycles. The first-order valence-corrected chi connectivity index (χ1v) is 8.07. The molecule has 3 aromatic rings. The van der Waals surface area contributed by atoms with Crippen LogP contribution in [0.1, 0.15) is 25.0 Å². The molecule has 3 heterocycles. The van der Waals surface area contributed by atoms with Crippen molar-refractivity contribution in [2.45, 2.75) is 23.4 Å². The first-order valence-electron chi connectivity index (χ1n) is 6.37. The van der Waals surface area contributed by atoms with Crippen LogP contribution in [-0.2, 0) is 0 Å². The lowest BCUT2D eigenvalue weighted by molar-refractivity contribution is 0.379. The lowest BCUT2D eigenvalue weighted by Gasteiger charge is -2.01. The van der Waals surface area contributed by atoms with Gasteiger partial charge in [-0.15, -0.1) is 10.2 Å². The van der Waals surface area contributed by atoms with E-state index in [9.17, 15) is 0 Å².